The van der Waals surface area contributed by atoms with Crippen LogP contribution in [0, 0.1) is 0 Å². The molecule has 0 aromatic heterocycles. The molecule has 0 saturated heterocycles. The Bertz CT molecular complexity index is 380. The minimum atomic E-state index is 0.237. The summed E-state index contributed by atoms with van der Waals surface area (Å²) in [5.41, 5.74) is 1.19. The SMILES string of the molecule is CCN(CC)C(CCl)c1ccc2c(c1)OCO2. The maximum Gasteiger partial charge on any atom is 0.231 e. The van der Waals surface area contributed by atoms with Crippen molar-refractivity contribution < 1.29 is 9.47 Å². The zero-order valence-corrected chi connectivity index (χ0v) is 11.0. The third-order valence-corrected chi connectivity index (χ3v) is 3.47. The lowest BCUT2D eigenvalue weighted by Gasteiger charge is -2.28. The number of benzene rings is 1. The first-order chi connectivity index (χ1) is 8.30. The summed E-state index contributed by atoms with van der Waals surface area (Å²) in [4.78, 5) is 2.34. The Kier molecular flexibility index (Phi) is 4.13. The molecule has 1 atom stereocenters. The van der Waals surface area contributed by atoms with Gasteiger partial charge in [-0.15, -0.1) is 11.6 Å². The summed E-state index contributed by atoms with van der Waals surface area (Å²) in [6.45, 7) is 6.59. The second kappa shape index (κ2) is 5.61. The Morgan fingerprint density at radius 3 is 2.59 bits per heavy atom. The van der Waals surface area contributed by atoms with Crippen LogP contribution < -0.4 is 9.47 Å². The third-order valence-electron chi connectivity index (χ3n) is 3.18. The average Bonchev–Trinajstić information content (AvgIpc) is 2.82. The molecule has 0 fully saturated rings. The van der Waals surface area contributed by atoms with Gasteiger partial charge >= 0.3 is 0 Å². The maximum atomic E-state index is 6.09. The van der Waals surface area contributed by atoms with Crippen LogP contribution in [0.4, 0.5) is 0 Å². The van der Waals surface area contributed by atoms with E-state index in [4.69, 9.17) is 21.1 Å². The quantitative estimate of drug-likeness (QED) is 0.755. The fourth-order valence-electron chi connectivity index (χ4n) is 2.18. The molecular weight excluding hydrogens is 238 g/mol. The molecule has 0 aliphatic carbocycles. The van der Waals surface area contributed by atoms with Gasteiger partial charge in [0.1, 0.15) is 0 Å². The first-order valence-electron chi connectivity index (χ1n) is 5.99. The molecule has 17 heavy (non-hydrogen) atoms. The summed E-state index contributed by atoms with van der Waals surface area (Å²) in [6, 6.07) is 6.30. The minimum absolute atomic E-state index is 0.237. The van der Waals surface area contributed by atoms with Crippen LogP contribution in [0.3, 0.4) is 0 Å². The largest absolute Gasteiger partial charge is 0.454 e. The summed E-state index contributed by atoms with van der Waals surface area (Å²) in [6.07, 6.45) is 0. The van der Waals surface area contributed by atoms with E-state index in [1.807, 2.05) is 12.1 Å². The molecule has 1 aliphatic heterocycles. The van der Waals surface area contributed by atoms with Crippen molar-refractivity contribution in [3.05, 3.63) is 23.8 Å². The molecule has 1 aromatic rings. The molecule has 0 amide bonds. The van der Waals surface area contributed by atoms with Gasteiger partial charge in [0.25, 0.3) is 0 Å². The predicted octanol–water partition coefficient (Wildman–Crippen LogP) is 3.04. The molecule has 1 heterocycles. The predicted molar refractivity (Wildman–Crippen MR) is 68.9 cm³/mol. The molecule has 1 unspecified atom stereocenters. The second-order valence-electron chi connectivity index (χ2n) is 4.00. The van der Waals surface area contributed by atoms with Crippen molar-refractivity contribution >= 4 is 11.6 Å². The highest BCUT2D eigenvalue weighted by Crippen LogP contribution is 2.35. The van der Waals surface area contributed by atoms with Crippen molar-refractivity contribution in [2.24, 2.45) is 0 Å². The van der Waals surface area contributed by atoms with E-state index < -0.39 is 0 Å². The van der Waals surface area contributed by atoms with Crippen molar-refractivity contribution in [1.29, 1.82) is 0 Å². The Morgan fingerprint density at radius 2 is 1.94 bits per heavy atom. The summed E-state index contributed by atoms with van der Waals surface area (Å²) in [5, 5.41) is 0. The average molecular weight is 256 g/mol. The van der Waals surface area contributed by atoms with Crippen LogP contribution in [0.25, 0.3) is 0 Å². The van der Waals surface area contributed by atoms with E-state index in [-0.39, 0.29) is 6.04 Å². The lowest BCUT2D eigenvalue weighted by Crippen LogP contribution is -2.29. The Morgan fingerprint density at radius 1 is 1.24 bits per heavy atom. The molecule has 0 bridgehead atoms. The van der Waals surface area contributed by atoms with E-state index in [2.05, 4.69) is 24.8 Å². The molecule has 94 valence electrons. The number of halogens is 1. The lowest BCUT2D eigenvalue weighted by molar-refractivity contribution is 0.173. The number of fused-ring (bicyclic) bond motifs is 1. The number of alkyl halides is 1. The van der Waals surface area contributed by atoms with Gasteiger partial charge in [-0.2, -0.15) is 0 Å². The molecule has 0 saturated carbocycles. The highest BCUT2D eigenvalue weighted by Gasteiger charge is 2.20. The van der Waals surface area contributed by atoms with Crippen LogP contribution in [0.1, 0.15) is 25.5 Å². The van der Waals surface area contributed by atoms with Crippen LogP contribution >= 0.6 is 11.6 Å². The van der Waals surface area contributed by atoms with Gasteiger partial charge < -0.3 is 9.47 Å². The van der Waals surface area contributed by atoms with Crippen LogP contribution in [0.2, 0.25) is 0 Å². The number of nitrogens with zero attached hydrogens (tertiary/aromatic N) is 1. The molecule has 0 N–H and O–H groups in total. The van der Waals surface area contributed by atoms with Crippen molar-refractivity contribution in [2.45, 2.75) is 19.9 Å². The molecule has 0 radical (unpaired) electrons. The van der Waals surface area contributed by atoms with E-state index in [0.29, 0.717) is 12.7 Å². The smallest absolute Gasteiger partial charge is 0.231 e. The summed E-state index contributed by atoms with van der Waals surface area (Å²) in [7, 11) is 0. The van der Waals surface area contributed by atoms with Gasteiger partial charge in [-0.05, 0) is 30.8 Å². The van der Waals surface area contributed by atoms with Crippen LogP contribution in [0.5, 0.6) is 11.5 Å². The normalized spacial score (nSPS) is 15.3. The van der Waals surface area contributed by atoms with Crippen LogP contribution in [-0.2, 0) is 0 Å². The van der Waals surface area contributed by atoms with Gasteiger partial charge in [0, 0.05) is 11.9 Å². The first kappa shape index (κ1) is 12.5. The highest BCUT2D eigenvalue weighted by atomic mass is 35.5. The van der Waals surface area contributed by atoms with E-state index in [1.165, 1.54) is 5.56 Å². The molecule has 1 aromatic carbocycles. The topological polar surface area (TPSA) is 21.7 Å². The number of hydrogen-bond donors (Lipinski definition) is 0. The second-order valence-corrected chi connectivity index (χ2v) is 4.31. The van der Waals surface area contributed by atoms with Crippen LogP contribution in [0.15, 0.2) is 18.2 Å². The zero-order valence-electron chi connectivity index (χ0n) is 10.3. The first-order valence-corrected chi connectivity index (χ1v) is 6.53. The van der Waals surface area contributed by atoms with Crippen molar-refractivity contribution in [3.8, 4) is 11.5 Å². The number of hydrogen-bond acceptors (Lipinski definition) is 3. The Hall–Kier alpha value is -0.930. The van der Waals surface area contributed by atoms with Gasteiger partial charge in [-0.1, -0.05) is 19.9 Å². The molecule has 4 heteroatoms. The standard InChI is InChI=1S/C13H18ClNO2/c1-3-15(4-2)11(8-14)10-5-6-12-13(7-10)17-9-16-12/h5-7,11H,3-4,8-9H2,1-2H3. The molecular formula is C13H18ClNO2. The molecule has 1 aliphatic rings. The molecule has 2 rings (SSSR count). The van der Waals surface area contributed by atoms with Crippen molar-refractivity contribution in [1.82, 2.24) is 4.90 Å². The number of ether oxygens (including phenoxy) is 2. The summed E-state index contributed by atoms with van der Waals surface area (Å²) in [5.74, 6) is 2.23. The number of rotatable bonds is 5. The van der Waals surface area contributed by atoms with Gasteiger partial charge in [0.05, 0.1) is 0 Å². The van der Waals surface area contributed by atoms with Crippen molar-refractivity contribution in [3.63, 3.8) is 0 Å². The van der Waals surface area contributed by atoms with Crippen molar-refractivity contribution in [2.75, 3.05) is 25.8 Å². The summed E-state index contributed by atoms with van der Waals surface area (Å²) >= 11 is 6.09. The van der Waals surface area contributed by atoms with E-state index in [0.717, 1.165) is 24.6 Å². The van der Waals surface area contributed by atoms with Gasteiger partial charge in [0.15, 0.2) is 11.5 Å². The van der Waals surface area contributed by atoms with Gasteiger partial charge in [-0.25, -0.2) is 0 Å². The fourth-order valence-corrected chi connectivity index (χ4v) is 2.56. The Balaban J connectivity index is 2.25. The molecule has 3 nitrogen and oxygen atoms in total. The van der Waals surface area contributed by atoms with E-state index in [1.54, 1.807) is 0 Å². The Labute approximate surface area is 107 Å². The fraction of sp³-hybridized carbons (Fsp3) is 0.538. The van der Waals surface area contributed by atoms with Gasteiger partial charge in [-0.3, -0.25) is 4.90 Å². The van der Waals surface area contributed by atoms with Crippen LogP contribution in [-0.4, -0.2) is 30.7 Å². The zero-order chi connectivity index (χ0) is 12.3. The maximum absolute atomic E-state index is 6.09. The highest BCUT2D eigenvalue weighted by molar-refractivity contribution is 6.18. The molecule has 0 spiro atoms. The lowest BCUT2D eigenvalue weighted by atomic mass is 10.1. The third kappa shape index (κ3) is 2.50. The minimum Gasteiger partial charge on any atom is -0.454 e. The van der Waals surface area contributed by atoms with Gasteiger partial charge in [0.2, 0.25) is 6.79 Å². The van der Waals surface area contributed by atoms with E-state index >= 15 is 0 Å². The van der Waals surface area contributed by atoms with E-state index in [9.17, 15) is 0 Å². The monoisotopic (exact) mass is 255 g/mol. The summed E-state index contributed by atoms with van der Waals surface area (Å²) < 4.78 is 10.7.